The van der Waals surface area contributed by atoms with Gasteiger partial charge in [0.05, 0.1) is 13.2 Å². The molecule has 1 fully saturated rings. The van der Waals surface area contributed by atoms with Gasteiger partial charge in [-0.25, -0.2) is 0 Å². The molecule has 31 heavy (non-hydrogen) atoms. The molecule has 0 bridgehead atoms. The van der Waals surface area contributed by atoms with E-state index in [1.165, 1.54) is 24.1 Å². The van der Waals surface area contributed by atoms with Crippen molar-refractivity contribution in [3.05, 3.63) is 60.3 Å². The quantitative estimate of drug-likeness (QED) is 0.515. The molecule has 0 spiro atoms. The third kappa shape index (κ3) is 4.90. The fraction of sp³-hybridized carbons (Fsp3) is 0.360. The number of hydrogen-bond donors (Lipinski definition) is 2. The lowest BCUT2D eigenvalue weighted by atomic mass is 9.99. The first-order chi connectivity index (χ1) is 15.0. The molecule has 2 N–H and O–H groups in total. The van der Waals surface area contributed by atoms with Gasteiger partial charge in [-0.05, 0) is 79.9 Å². The normalized spacial score (nSPS) is 17.3. The largest absolute Gasteiger partial charge is 0.494 e. The molecule has 1 saturated heterocycles. The Labute approximate surface area is 189 Å². The molecule has 0 amide bonds. The standard InChI is InChI=1S/C25H30N4OS/c1-17-6-5-15-29(16-17)20-10-8-19(9-11-20)18(2)27-25(31)28-22-12-13-23(30-3)24-21(22)7-4-14-26-24/h4,7-14,17-18H,5-6,15-16H2,1-3H3,(H2,27,28,31)/t17-,18+/m1/s1. The fourth-order valence-electron chi connectivity index (χ4n) is 4.26. The smallest absolute Gasteiger partial charge is 0.171 e. The molecule has 1 aromatic heterocycles. The molecule has 0 unspecified atom stereocenters. The number of ether oxygens (including phenoxy) is 1. The van der Waals surface area contributed by atoms with Crippen LogP contribution in [0, 0.1) is 5.92 Å². The predicted molar refractivity (Wildman–Crippen MR) is 133 cm³/mol. The van der Waals surface area contributed by atoms with Crippen molar-refractivity contribution in [1.29, 1.82) is 0 Å². The van der Waals surface area contributed by atoms with E-state index in [1.54, 1.807) is 13.3 Å². The summed E-state index contributed by atoms with van der Waals surface area (Å²) in [6.07, 6.45) is 4.37. The number of nitrogens with zero attached hydrogens (tertiary/aromatic N) is 2. The van der Waals surface area contributed by atoms with Crippen LogP contribution in [0.3, 0.4) is 0 Å². The Hall–Kier alpha value is -2.86. The van der Waals surface area contributed by atoms with Gasteiger partial charge in [0.2, 0.25) is 0 Å². The zero-order valence-corrected chi connectivity index (χ0v) is 19.2. The van der Waals surface area contributed by atoms with Crippen LogP contribution in [-0.2, 0) is 0 Å². The molecule has 0 aliphatic carbocycles. The highest BCUT2D eigenvalue weighted by Crippen LogP contribution is 2.30. The highest BCUT2D eigenvalue weighted by molar-refractivity contribution is 7.80. The van der Waals surface area contributed by atoms with Gasteiger partial charge in [0.1, 0.15) is 11.3 Å². The molecule has 162 valence electrons. The Morgan fingerprint density at radius 3 is 2.74 bits per heavy atom. The van der Waals surface area contributed by atoms with E-state index in [-0.39, 0.29) is 6.04 Å². The molecule has 2 heterocycles. The van der Waals surface area contributed by atoms with Crippen molar-refractivity contribution in [1.82, 2.24) is 10.3 Å². The van der Waals surface area contributed by atoms with Crippen LogP contribution < -0.4 is 20.3 Å². The first kappa shape index (κ1) is 21.4. The molecule has 2 aromatic carbocycles. The van der Waals surface area contributed by atoms with Gasteiger partial charge in [0.15, 0.2) is 5.11 Å². The molecule has 1 aliphatic rings. The summed E-state index contributed by atoms with van der Waals surface area (Å²) in [6, 6.07) is 16.7. The lowest BCUT2D eigenvalue weighted by Gasteiger charge is -2.33. The molecular weight excluding hydrogens is 404 g/mol. The van der Waals surface area contributed by atoms with Crippen molar-refractivity contribution >= 4 is 39.6 Å². The summed E-state index contributed by atoms with van der Waals surface area (Å²) < 4.78 is 5.43. The van der Waals surface area contributed by atoms with Gasteiger partial charge in [-0.2, -0.15) is 0 Å². The summed E-state index contributed by atoms with van der Waals surface area (Å²) in [5, 5.41) is 8.27. The van der Waals surface area contributed by atoms with Crippen molar-refractivity contribution in [2.45, 2.75) is 32.7 Å². The third-order valence-electron chi connectivity index (χ3n) is 5.96. The second kappa shape index (κ2) is 9.52. The first-order valence-electron chi connectivity index (χ1n) is 10.9. The number of fused-ring (bicyclic) bond motifs is 1. The average Bonchev–Trinajstić information content (AvgIpc) is 2.79. The minimum atomic E-state index is 0.0944. The van der Waals surface area contributed by atoms with Crippen molar-refractivity contribution in [3.8, 4) is 5.75 Å². The van der Waals surface area contributed by atoms with E-state index >= 15 is 0 Å². The molecule has 6 heteroatoms. The lowest BCUT2D eigenvalue weighted by molar-refractivity contribution is 0.419. The van der Waals surface area contributed by atoms with E-state index in [9.17, 15) is 0 Å². The van der Waals surface area contributed by atoms with Crippen LogP contribution in [0.5, 0.6) is 5.75 Å². The van der Waals surface area contributed by atoms with Gasteiger partial charge in [-0.3, -0.25) is 4.98 Å². The maximum Gasteiger partial charge on any atom is 0.171 e. The van der Waals surface area contributed by atoms with Gasteiger partial charge < -0.3 is 20.3 Å². The Balaban J connectivity index is 1.41. The summed E-state index contributed by atoms with van der Waals surface area (Å²) in [5.74, 6) is 1.51. The number of hydrogen-bond acceptors (Lipinski definition) is 4. The summed E-state index contributed by atoms with van der Waals surface area (Å²) in [4.78, 5) is 6.94. The molecule has 3 aromatic rings. The molecular formula is C25H30N4OS. The summed E-state index contributed by atoms with van der Waals surface area (Å²) in [6.45, 7) is 6.75. The van der Waals surface area contributed by atoms with Crippen molar-refractivity contribution in [2.24, 2.45) is 5.92 Å². The number of thiocarbonyl (C=S) groups is 1. The van der Waals surface area contributed by atoms with E-state index in [1.807, 2.05) is 24.3 Å². The third-order valence-corrected chi connectivity index (χ3v) is 6.18. The van der Waals surface area contributed by atoms with Gasteiger partial charge in [-0.15, -0.1) is 0 Å². The van der Waals surface area contributed by atoms with Crippen LogP contribution in [0.25, 0.3) is 10.9 Å². The monoisotopic (exact) mass is 434 g/mol. The molecule has 0 radical (unpaired) electrons. The number of nitrogens with one attached hydrogen (secondary N) is 2. The minimum Gasteiger partial charge on any atom is -0.494 e. The van der Waals surface area contributed by atoms with Crippen LogP contribution in [-0.4, -0.2) is 30.3 Å². The second-order valence-electron chi connectivity index (χ2n) is 8.32. The minimum absolute atomic E-state index is 0.0944. The highest BCUT2D eigenvalue weighted by Gasteiger charge is 2.17. The summed E-state index contributed by atoms with van der Waals surface area (Å²) in [5.41, 5.74) is 4.23. The van der Waals surface area contributed by atoms with E-state index < -0.39 is 0 Å². The van der Waals surface area contributed by atoms with Crippen LogP contribution in [0.4, 0.5) is 11.4 Å². The Kier molecular flexibility index (Phi) is 6.56. The van der Waals surface area contributed by atoms with E-state index in [4.69, 9.17) is 17.0 Å². The van der Waals surface area contributed by atoms with E-state index in [0.717, 1.165) is 41.3 Å². The van der Waals surface area contributed by atoms with Crippen LogP contribution >= 0.6 is 12.2 Å². The van der Waals surface area contributed by atoms with Crippen molar-refractivity contribution in [2.75, 3.05) is 30.4 Å². The predicted octanol–water partition coefficient (Wildman–Crippen LogP) is 5.53. The Morgan fingerprint density at radius 2 is 2.00 bits per heavy atom. The van der Waals surface area contributed by atoms with Crippen molar-refractivity contribution in [3.63, 3.8) is 0 Å². The maximum atomic E-state index is 5.60. The lowest BCUT2D eigenvalue weighted by Crippen LogP contribution is -2.34. The first-order valence-corrected chi connectivity index (χ1v) is 11.3. The zero-order valence-electron chi connectivity index (χ0n) is 18.4. The van der Waals surface area contributed by atoms with Crippen molar-refractivity contribution < 1.29 is 4.74 Å². The number of piperidine rings is 1. The van der Waals surface area contributed by atoms with Crippen LogP contribution in [0.15, 0.2) is 54.7 Å². The summed E-state index contributed by atoms with van der Waals surface area (Å²) >= 11 is 5.60. The molecule has 1 aliphatic heterocycles. The molecule has 5 nitrogen and oxygen atoms in total. The summed E-state index contributed by atoms with van der Waals surface area (Å²) in [7, 11) is 1.65. The van der Waals surface area contributed by atoms with Crippen LogP contribution in [0.2, 0.25) is 0 Å². The number of pyridine rings is 1. The topological polar surface area (TPSA) is 49.4 Å². The maximum absolute atomic E-state index is 5.60. The SMILES string of the molecule is COc1ccc(NC(=S)N[C@@H](C)c2ccc(N3CCC[C@@H](C)C3)cc2)c2cccnc12. The Bertz CT molecular complexity index is 1050. The number of rotatable bonds is 5. The van der Waals surface area contributed by atoms with Gasteiger partial charge in [0, 0.05) is 36.0 Å². The number of benzene rings is 2. The number of anilines is 2. The molecule has 4 rings (SSSR count). The van der Waals surface area contributed by atoms with Gasteiger partial charge in [0.25, 0.3) is 0 Å². The molecule has 2 atom stereocenters. The van der Waals surface area contributed by atoms with Crippen LogP contribution in [0.1, 0.15) is 38.3 Å². The zero-order chi connectivity index (χ0) is 21.8. The number of aromatic nitrogens is 1. The second-order valence-corrected chi connectivity index (χ2v) is 8.73. The molecule has 0 saturated carbocycles. The number of methoxy groups -OCH3 is 1. The van der Waals surface area contributed by atoms with Gasteiger partial charge in [-0.1, -0.05) is 19.1 Å². The fourth-order valence-corrected chi connectivity index (χ4v) is 4.54. The van der Waals surface area contributed by atoms with Gasteiger partial charge >= 0.3 is 0 Å². The highest BCUT2D eigenvalue weighted by atomic mass is 32.1. The average molecular weight is 435 g/mol. The van der Waals surface area contributed by atoms with E-state index in [2.05, 4.69) is 58.6 Å². The Morgan fingerprint density at radius 1 is 1.19 bits per heavy atom. The van der Waals surface area contributed by atoms with E-state index in [0.29, 0.717) is 5.11 Å².